The summed E-state index contributed by atoms with van der Waals surface area (Å²) in [6, 6.07) is 1.84. The number of nitrogens with one attached hydrogen (secondary N) is 2. The molecule has 2 aromatic rings. The molecule has 0 saturated carbocycles. The third kappa shape index (κ3) is 3.34. The lowest BCUT2D eigenvalue weighted by molar-refractivity contribution is 0.102. The maximum absolute atomic E-state index is 12.5. The zero-order valence-corrected chi connectivity index (χ0v) is 12.6. The summed E-state index contributed by atoms with van der Waals surface area (Å²) in [6.45, 7) is 5.89. The highest BCUT2D eigenvalue weighted by atomic mass is 16.1. The summed E-state index contributed by atoms with van der Waals surface area (Å²) in [5.41, 5.74) is 2.55. The maximum atomic E-state index is 12.5. The van der Waals surface area contributed by atoms with Crippen molar-refractivity contribution < 1.29 is 4.79 Å². The van der Waals surface area contributed by atoms with Crippen LogP contribution in [0.3, 0.4) is 0 Å². The zero-order chi connectivity index (χ0) is 15.4. The van der Waals surface area contributed by atoms with Crippen molar-refractivity contribution in [3.05, 3.63) is 41.7 Å². The summed E-state index contributed by atoms with van der Waals surface area (Å²) in [4.78, 5) is 25.1. The largest absolute Gasteiger partial charge is 0.385 e. The van der Waals surface area contributed by atoms with E-state index in [-0.39, 0.29) is 11.8 Å². The first-order valence-electron chi connectivity index (χ1n) is 6.79. The number of aromatic nitrogens is 3. The maximum Gasteiger partial charge on any atom is 0.276 e. The second-order valence-corrected chi connectivity index (χ2v) is 5.04. The number of hydrogen-bond acceptors (Lipinski definition) is 5. The Morgan fingerprint density at radius 1 is 1.24 bits per heavy atom. The lowest BCUT2D eigenvalue weighted by Crippen LogP contribution is -2.18. The fourth-order valence-corrected chi connectivity index (χ4v) is 1.81. The number of anilines is 2. The highest BCUT2D eigenvalue weighted by Crippen LogP contribution is 2.18. The average molecular weight is 285 g/mol. The second kappa shape index (κ2) is 6.30. The minimum Gasteiger partial charge on any atom is -0.385 e. The van der Waals surface area contributed by atoms with E-state index in [2.05, 4.69) is 25.6 Å². The van der Waals surface area contributed by atoms with E-state index < -0.39 is 0 Å². The normalized spacial score (nSPS) is 10.5. The summed E-state index contributed by atoms with van der Waals surface area (Å²) >= 11 is 0. The van der Waals surface area contributed by atoms with Crippen molar-refractivity contribution in [1.82, 2.24) is 15.0 Å². The fourth-order valence-electron chi connectivity index (χ4n) is 1.81. The minimum atomic E-state index is -0.278. The molecule has 2 rings (SSSR count). The molecule has 110 valence electrons. The Morgan fingerprint density at radius 3 is 2.62 bits per heavy atom. The first-order valence-corrected chi connectivity index (χ1v) is 6.79. The van der Waals surface area contributed by atoms with Crippen LogP contribution in [0, 0.1) is 6.92 Å². The van der Waals surface area contributed by atoms with Crippen LogP contribution >= 0.6 is 0 Å². The molecular formula is C15H19N5O. The molecular weight excluding hydrogens is 266 g/mol. The molecule has 21 heavy (non-hydrogen) atoms. The number of aryl methyl sites for hydroxylation is 1. The number of rotatable bonds is 4. The third-order valence-electron chi connectivity index (χ3n) is 3.10. The summed E-state index contributed by atoms with van der Waals surface area (Å²) < 4.78 is 0. The topological polar surface area (TPSA) is 79.8 Å². The van der Waals surface area contributed by atoms with E-state index in [1.54, 1.807) is 25.6 Å². The molecule has 0 aliphatic heterocycles. The van der Waals surface area contributed by atoms with Gasteiger partial charge in [0.25, 0.3) is 5.91 Å². The van der Waals surface area contributed by atoms with Gasteiger partial charge in [-0.3, -0.25) is 9.78 Å². The van der Waals surface area contributed by atoms with E-state index in [4.69, 9.17) is 0 Å². The van der Waals surface area contributed by atoms with Gasteiger partial charge in [0.05, 0.1) is 23.8 Å². The van der Waals surface area contributed by atoms with Gasteiger partial charge in [0.15, 0.2) is 5.69 Å². The Hall–Kier alpha value is -2.50. The number of pyridine rings is 1. The van der Waals surface area contributed by atoms with Crippen molar-refractivity contribution in [2.75, 3.05) is 17.7 Å². The molecule has 0 aromatic carbocycles. The standard InChI is InChI=1S/C15H19N5O/c1-9(2)14-18-8-12(16-4)13(20-14)15(21)19-11-7-17-6-5-10(11)3/h5-9,16H,1-4H3,(H,19,21). The van der Waals surface area contributed by atoms with E-state index in [9.17, 15) is 4.79 Å². The monoisotopic (exact) mass is 285 g/mol. The molecule has 1 amide bonds. The summed E-state index contributed by atoms with van der Waals surface area (Å²) in [6.07, 6.45) is 4.94. The lowest BCUT2D eigenvalue weighted by Gasteiger charge is -2.12. The molecule has 0 aliphatic carbocycles. The van der Waals surface area contributed by atoms with E-state index >= 15 is 0 Å². The molecule has 0 bridgehead atoms. The number of hydrogen-bond donors (Lipinski definition) is 2. The molecule has 0 radical (unpaired) electrons. The van der Waals surface area contributed by atoms with Crippen molar-refractivity contribution >= 4 is 17.3 Å². The third-order valence-corrected chi connectivity index (χ3v) is 3.10. The summed E-state index contributed by atoms with van der Waals surface area (Å²) in [7, 11) is 1.74. The van der Waals surface area contributed by atoms with Crippen molar-refractivity contribution in [3.63, 3.8) is 0 Å². The van der Waals surface area contributed by atoms with Crippen molar-refractivity contribution in [2.45, 2.75) is 26.7 Å². The fraction of sp³-hybridized carbons (Fsp3) is 0.333. The minimum absolute atomic E-state index is 0.155. The van der Waals surface area contributed by atoms with Crippen molar-refractivity contribution in [2.24, 2.45) is 0 Å². The quantitative estimate of drug-likeness (QED) is 0.902. The Labute approximate surface area is 124 Å². The van der Waals surface area contributed by atoms with Crippen LogP contribution in [-0.4, -0.2) is 27.9 Å². The molecule has 0 fully saturated rings. The second-order valence-electron chi connectivity index (χ2n) is 5.04. The van der Waals surface area contributed by atoms with E-state index in [0.29, 0.717) is 22.9 Å². The smallest absolute Gasteiger partial charge is 0.276 e. The van der Waals surface area contributed by atoms with Crippen molar-refractivity contribution in [1.29, 1.82) is 0 Å². The molecule has 2 aromatic heterocycles. The van der Waals surface area contributed by atoms with Crippen molar-refractivity contribution in [3.8, 4) is 0 Å². The van der Waals surface area contributed by atoms with Gasteiger partial charge in [-0.25, -0.2) is 9.97 Å². The molecule has 0 aliphatic rings. The van der Waals surface area contributed by atoms with Gasteiger partial charge in [-0.15, -0.1) is 0 Å². The van der Waals surface area contributed by atoms with Gasteiger partial charge in [0.1, 0.15) is 5.82 Å². The Kier molecular flexibility index (Phi) is 4.47. The van der Waals surface area contributed by atoms with E-state index in [0.717, 1.165) is 5.56 Å². The number of carbonyl (C=O) groups is 1. The molecule has 0 saturated heterocycles. The lowest BCUT2D eigenvalue weighted by atomic mass is 10.2. The highest BCUT2D eigenvalue weighted by molar-refractivity contribution is 6.06. The molecule has 6 nitrogen and oxygen atoms in total. The van der Waals surface area contributed by atoms with Crippen LogP contribution in [0.2, 0.25) is 0 Å². The molecule has 2 heterocycles. The zero-order valence-electron chi connectivity index (χ0n) is 12.6. The first kappa shape index (κ1) is 14.9. The van der Waals surface area contributed by atoms with Gasteiger partial charge in [-0.1, -0.05) is 13.8 Å². The van der Waals surface area contributed by atoms with Crippen LogP contribution in [0.5, 0.6) is 0 Å². The number of nitrogens with zero attached hydrogens (tertiary/aromatic N) is 3. The molecule has 0 atom stereocenters. The number of carbonyl (C=O) groups excluding carboxylic acids is 1. The predicted octanol–water partition coefficient (Wildman–Crippen LogP) is 2.60. The Balaban J connectivity index is 2.34. The first-order chi connectivity index (χ1) is 10.0. The van der Waals surface area contributed by atoms with E-state index in [1.165, 1.54) is 0 Å². The molecule has 0 spiro atoms. The van der Waals surface area contributed by atoms with Crippen LogP contribution in [0.1, 0.15) is 41.6 Å². The SMILES string of the molecule is CNc1cnc(C(C)C)nc1C(=O)Nc1cnccc1C. The molecule has 0 unspecified atom stereocenters. The highest BCUT2D eigenvalue weighted by Gasteiger charge is 2.16. The Bertz CT molecular complexity index is 654. The van der Waals surface area contributed by atoms with Crippen LogP contribution in [-0.2, 0) is 0 Å². The molecule has 6 heteroatoms. The molecule has 2 N–H and O–H groups in total. The van der Waals surface area contributed by atoms with Crippen LogP contribution < -0.4 is 10.6 Å². The van der Waals surface area contributed by atoms with Crippen LogP contribution in [0.25, 0.3) is 0 Å². The van der Waals surface area contributed by atoms with Gasteiger partial charge in [0, 0.05) is 19.2 Å². The van der Waals surface area contributed by atoms with Gasteiger partial charge in [0.2, 0.25) is 0 Å². The predicted molar refractivity (Wildman–Crippen MR) is 82.6 cm³/mol. The van der Waals surface area contributed by atoms with Gasteiger partial charge in [-0.05, 0) is 18.6 Å². The number of amides is 1. The van der Waals surface area contributed by atoms with Gasteiger partial charge < -0.3 is 10.6 Å². The average Bonchev–Trinajstić information content (AvgIpc) is 2.48. The van der Waals surface area contributed by atoms with Crippen LogP contribution in [0.4, 0.5) is 11.4 Å². The summed E-state index contributed by atoms with van der Waals surface area (Å²) in [5, 5.41) is 5.78. The Morgan fingerprint density at radius 2 is 2.00 bits per heavy atom. The summed E-state index contributed by atoms with van der Waals surface area (Å²) in [5.74, 6) is 0.518. The van der Waals surface area contributed by atoms with Gasteiger partial charge >= 0.3 is 0 Å². The van der Waals surface area contributed by atoms with E-state index in [1.807, 2.05) is 26.8 Å². The van der Waals surface area contributed by atoms with Crippen LogP contribution in [0.15, 0.2) is 24.7 Å². The van der Waals surface area contributed by atoms with Gasteiger partial charge in [-0.2, -0.15) is 0 Å².